The standard InChI is InChI=1S/C9H13NOS/c1-3-7(2)4-8(11)9-5-10-6-12-9/h5-6,8,11H,2-4H2,1H3. The highest BCUT2D eigenvalue weighted by atomic mass is 32.1. The lowest BCUT2D eigenvalue weighted by Crippen LogP contribution is -1.95. The molecular weight excluding hydrogens is 170 g/mol. The van der Waals surface area contributed by atoms with Gasteiger partial charge in [0.1, 0.15) is 0 Å². The number of nitrogens with zero attached hydrogens (tertiary/aromatic N) is 1. The van der Waals surface area contributed by atoms with E-state index < -0.39 is 6.10 Å². The third-order valence-electron chi connectivity index (χ3n) is 1.76. The van der Waals surface area contributed by atoms with E-state index >= 15 is 0 Å². The summed E-state index contributed by atoms with van der Waals surface area (Å²) in [6.07, 6.45) is 2.87. The first kappa shape index (κ1) is 9.42. The highest BCUT2D eigenvalue weighted by Crippen LogP contribution is 2.23. The topological polar surface area (TPSA) is 33.1 Å². The van der Waals surface area contributed by atoms with Gasteiger partial charge in [-0.05, 0) is 12.8 Å². The van der Waals surface area contributed by atoms with E-state index in [1.165, 1.54) is 11.3 Å². The van der Waals surface area contributed by atoms with Crippen LogP contribution in [0, 0.1) is 0 Å². The summed E-state index contributed by atoms with van der Waals surface area (Å²) >= 11 is 1.48. The molecule has 2 nitrogen and oxygen atoms in total. The molecule has 1 atom stereocenters. The summed E-state index contributed by atoms with van der Waals surface area (Å²) in [4.78, 5) is 4.83. The third kappa shape index (κ3) is 2.43. The number of hydrogen-bond donors (Lipinski definition) is 1. The van der Waals surface area contributed by atoms with E-state index in [4.69, 9.17) is 0 Å². The van der Waals surface area contributed by atoms with Crippen LogP contribution in [0.3, 0.4) is 0 Å². The summed E-state index contributed by atoms with van der Waals surface area (Å²) in [7, 11) is 0. The van der Waals surface area contributed by atoms with Gasteiger partial charge in [0.15, 0.2) is 0 Å². The summed E-state index contributed by atoms with van der Waals surface area (Å²) in [6.45, 7) is 5.89. The molecule has 0 spiro atoms. The Bertz CT molecular complexity index is 243. The Morgan fingerprint density at radius 3 is 3.08 bits per heavy atom. The molecule has 1 rings (SSSR count). The van der Waals surface area contributed by atoms with Gasteiger partial charge in [-0.3, -0.25) is 4.98 Å². The molecule has 1 unspecified atom stereocenters. The molecule has 0 saturated heterocycles. The van der Waals surface area contributed by atoms with Gasteiger partial charge in [0.25, 0.3) is 0 Å². The molecule has 1 aromatic heterocycles. The van der Waals surface area contributed by atoms with Gasteiger partial charge < -0.3 is 5.11 Å². The van der Waals surface area contributed by atoms with Crippen LogP contribution in [0.5, 0.6) is 0 Å². The zero-order valence-electron chi connectivity index (χ0n) is 7.16. The summed E-state index contributed by atoms with van der Waals surface area (Å²) in [5, 5.41) is 9.62. The molecule has 0 amide bonds. The van der Waals surface area contributed by atoms with Gasteiger partial charge in [-0.15, -0.1) is 11.3 Å². The van der Waals surface area contributed by atoms with Crippen LogP contribution >= 0.6 is 11.3 Å². The second kappa shape index (κ2) is 4.38. The SMILES string of the molecule is C=C(CC)CC(O)c1cncs1. The largest absolute Gasteiger partial charge is 0.387 e. The summed E-state index contributed by atoms with van der Waals surface area (Å²) < 4.78 is 0. The fraction of sp³-hybridized carbons (Fsp3) is 0.444. The van der Waals surface area contributed by atoms with Gasteiger partial charge >= 0.3 is 0 Å². The van der Waals surface area contributed by atoms with Crippen molar-refractivity contribution >= 4 is 11.3 Å². The fourth-order valence-electron chi connectivity index (χ4n) is 0.909. The van der Waals surface area contributed by atoms with Crippen molar-refractivity contribution in [3.63, 3.8) is 0 Å². The first-order chi connectivity index (χ1) is 5.74. The molecule has 0 saturated carbocycles. The van der Waals surface area contributed by atoms with E-state index in [-0.39, 0.29) is 0 Å². The van der Waals surface area contributed by atoms with Crippen LogP contribution in [0.25, 0.3) is 0 Å². The lowest BCUT2D eigenvalue weighted by Gasteiger charge is -2.08. The zero-order valence-corrected chi connectivity index (χ0v) is 7.97. The molecule has 66 valence electrons. The van der Waals surface area contributed by atoms with E-state index in [1.807, 2.05) is 6.92 Å². The fourth-order valence-corrected chi connectivity index (χ4v) is 1.51. The van der Waals surface area contributed by atoms with Crippen molar-refractivity contribution in [1.82, 2.24) is 4.98 Å². The number of aliphatic hydroxyl groups is 1. The van der Waals surface area contributed by atoms with Crippen molar-refractivity contribution in [3.8, 4) is 0 Å². The first-order valence-electron chi connectivity index (χ1n) is 3.97. The lowest BCUT2D eigenvalue weighted by molar-refractivity contribution is 0.181. The molecule has 3 heteroatoms. The Morgan fingerprint density at radius 1 is 1.83 bits per heavy atom. The van der Waals surface area contributed by atoms with Crippen molar-refractivity contribution in [2.24, 2.45) is 0 Å². The summed E-state index contributed by atoms with van der Waals surface area (Å²) in [6, 6.07) is 0. The predicted octanol–water partition coefficient (Wildman–Crippen LogP) is 2.53. The van der Waals surface area contributed by atoms with Crippen molar-refractivity contribution in [2.45, 2.75) is 25.9 Å². The van der Waals surface area contributed by atoms with E-state index in [0.717, 1.165) is 16.9 Å². The van der Waals surface area contributed by atoms with Crippen LogP contribution in [0.2, 0.25) is 0 Å². The van der Waals surface area contributed by atoms with Crippen molar-refractivity contribution in [2.75, 3.05) is 0 Å². The second-order valence-corrected chi connectivity index (χ2v) is 3.65. The van der Waals surface area contributed by atoms with Gasteiger partial charge in [0, 0.05) is 6.20 Å². The van der Waals surface area contributed by atoms with Crippen LogP contribution in [0.4, 0.5) is 0 Å². The molecule has 0 aliphatic carbocycles. The lowest BCUT2D eigenvalue weighted by atomic mass is 10.1. The maximum absolute atomic E-state index is 9.62. The summed E-state index contributed by atoms with van der Waals surface area (Å²) in [5.41, 5.74) is 2.81. The molecule has 12 heavy (non-hydrogen) atoms. The Labute approximate surface area is 76.6 Å². The van der Waals surface area contributed by atoms with Gasteiger partial charge in [0.2, 0.25) is 0 Å². The predicted molar refractivity (Wildman–Crippen MR) is 51.1 cm³/mol. The number of thiazole rings is 1. The molecule has 1 N–H and O–H groups in total. The quantitative estimate of drug-likeness (QED) is 0.728. The van der Waals surface area contributed by atoms with Crippen molar-refractivity contribution < 1.29 is 5.11 Å². The first-order valence-corrected chi connectivity index (χ1v) is 4.85. The highest BCUT2D eigenvalue weighted by molar-refractivity contribution is 7.09. The van der Waals surface area contributed by atoms with Crippen molar-refractivity contribution in [1.29, 1.82) is 0 Å². The Balaban J connectivity index is 2.49. The number of aromatic nitrogens is 1. The van der Waals surface area contributed by atoms with Gasteiger partial charge in [0.05, 0.1) is 16.5 Å². The molecule has 1 aromatic rings. The highest BCUT2D eigenvalue weighted by Gasteiger charge is 2.09. The Kier molecular flexibility index (Phi) is 3.44. The zero-order chi connectivity index (χ0) is 8.97. The average molecular weight is 183 g/mol. The minimum atomic E-state index is -0.412. The van der Waals surface area contributed by atoms with E-state index in [0.29, 0.717) is 6.42 Å². The minimum absolute atomic E-state index is 0.412. The molecule has 0 bridgehead atoms. The van der Waals surface area contributed by atoms with Crippen LogP contribution in [0.15, 0.2) is 23.9 Å². The van der Waals surface area contributed by atoms with Gasteiger partial charge in [-0.1, -0.05) is 19.1 Å². The third-order valence-corrected chi connectivity index (χ3v) is 2.64. The molecule has 0 fully saturated rings. The smallest absolute Gasteiger partial charge is 0.0934 e. The van der Waals surface area contributed by atoms with Crippen LogP contribution < -0.4 is 0 Å². The second-order valence-electron chi connectivity index (χ2n) is 2.73. The molecular formula is C9H13NOS. The average Bonchev–Trinajstić information content (AvgIpc) is 2.56. The number of hydrogen-bond acceptors (Lipinski definition) is 3. The molecule has 0 aromatic carbocycles. The van der Waals surface area contributed by atoms with Gasteiger partial charge in [-0.25, -0.2) is 0 Å². The monoisotopic (exact) mass is 183 g/mol. The van der Waals surface area contributed by atoms with Crippen LogP contribution in [-0.4, -0.2) is 10.1 Å². The number of rotatable bonds is 4. The van der Waals surface area contributed by atoms with Crippen molar-refractivity contribution in [3.05, 3.63) is 28.7 Å². The molecule has 0 radical (unpaired) electrons. The Hall–Kier alpha value is -0.670. The Morgan fingerprint density at radius 2 is 2.58 bits per heavy atom. The number of aliphatic hydroxyl groups excluding tert-OH is 1. The maximum atomic E-state index is 9.62. The van der Waals surface area contributed by atoms with E-state index in [9.17, 15) is 5.11 Å². The minimum Gasteiger partial charge on any atom is -0.387 e. The van der Waals surface area contributed by atoms with Crippen LogP contribution in [0.1, 0.15) is 30.7 Å². The maximum Gasteiger partial charge on any atom is 0.0934 e. The molecule has 0 aliphatic heterocycles. The van der Waals surface area contributed by atoms with Crippen LogP contribution in [-0.2, 0) is 0 Å². The van der Waals surface area contributed by atoms with E-state index in [2.05, 4.69) is 11.6 Å². The van der Waals surface area contributed by atoms with Gasteiger partial charge in [-0.2, -0.15) is 0 Å². The molecule has 0 aliphatic rings. The normalized spacial score (nSPS) is 12.8. The molecule has 1 heterocycles. The van der Waals surface area contributed by atoms with E-state index in [1.54, 1.807) is 11.7 Å². The summed E-state index contributed by atoms with van der Waals surface area (Å²) in [5.74, 6) is 0.